The Bertz CT molecular complexity index is 532. The Morgan fingerprint density at radius 3 is 2.90 bits per heavy atom. The minimum Gasteiger partial charge on any atom is -0.383 e. The molecule has 0 bridgehead atoms. The van der Waals surface area contributed by atoms with E-state index in [0.717, 1.165) is 17.1 Å². The molecule has 0 radical (unpaired) electrons. The molecule has 2 rings (SSSR count). The second-order valence-corrected chi connectivity index (χ2v) is 4.35. The molecule has 2 N–H and O–H groups in total. The molecular weight excluding hydrogens is 254 g/mol. The van der Waals surface area contributed by atoms with E-state index in [1.807, 2.05) is 31.3 Å². The lowest BCUT2D eigenvalue weighted by molar-refractivity contribution is 0.210. The zero-order valence-corrected chi connectivity index (χ0v) is 11.8. The van der Waals surface area contributed by atoms with E-state index in [4.69, 9.17) is 4.74 Å². The quantitative estimate of drug-likeness (QED) is 0.750. The van der Waals surface area contributed by atoms with Crippen LogP contribution in [0.15, 0.2) is 30.6 Å². The molecule has 6 heteroatoms. The fourth-order valence-electron chi connectivity index (χ4n) is 1.70. The molecule has 106 valence electrons. The smallest absolute Gasteiger partial charge is 0.224 e. The molecule has 0 aliphatic rings. The van der Waals surface area contributed by atoms with Crippen molar-refractivity contribution in [3.63, 3.8) is 0 Å². The van der Waals surface area contributed by atoms with Crippen LogP contribution in [0, 0.1) is 6.92 Å². The largest absolute Gasteiger partial charge is 0.383 e. The average molecular weight is 273 g/mol. The average Bonchev–Trinajstić information content (AvgIpc) is 2.46. The van der Waals surface area contributed by atoms with Gasteiger partial charge in [-0.3, -0.25) is 4.98 Å². The van der Waals surface area contributed by atoms with Gasteiger partial charge in [0.05, 0.1) is 6.61 Å². The van der Waals surface area contributed by atoms with Crippen molar-refractivity contribution in [2.24, 2.45) is 0 Å². The van der Waals surface area contributed by atoms with Gasteiger partial charge in [0.2, 0.25) is 5.95 Å². The number of aryl methyl sites for hydroxylation is 1. The Kier molecular flexibility index (Phi) is 5.25. The summed E-state index contributed by atoms with van der Waals surface area (Å²) >= 11 is 0. The van der Waals surface area contributed by atoms with Crippen molar-refractivity contribution in [3.8, 4) is 0 Å². The van der Waals surface area contributed by atoms with Crippen molar-refractivity contribution in [2.45, 2.75) is 13.5 Å². The number of aromatic nitrogens is 3. The summed E-state index contributed by atoms with van der Waals surface area (Å²) in [6.07, 6.45) is 3.59. The first kappa shape index (κ1) is 14.2. The predicted octanol–water partition coefficient (Wildman–Crippen LogP) is 1.85. The number of methoxy groups -OCH3 is 1. The fraction of sp³-hybridized carbons (Fsp3) is 0.357. The molecule has 6 nitrogen and oxygen atoms in total. The Balaban J connectivity index is 1.97. The third-order valence-electron chi connectivity index (χ3n) is 2.64. The normalized spacial score (nSPS) is 10.3. The molecule has 20 heavy (non-hydrogen) atoms. The molecule has 0 amide bonds. The molecule has 2 aromatic rings. The molecule has 0 fully saturated rings. The summed E-state index contributed by atoms with van der Waals surface area (Å²) < 4.78 is 4.99. The number of hydrogen-bond acceptors (Lipinski definition) is 6. The molecule has 0 saturated heterocycles. The summed E-state index contributed by atoms with van der Waals surface area (Å²) in [4.78, 5) is 12.8. The number of rotatable bonds is 7. The van der Waals surface area contributed by atoms with Crippen LogP contribution in [-0.4, -0.2) is 35.2 Å². The van der Waals surface area contributed by atoms with Gasteiger partial charge in [0, 0.05) is 44.4 Å². The van der Waals surface area contributed by atoms with Gasteiger partial charge >= 0.3 is 0 Å². The highest BCUT2D eigenvalue weighted by atomic mass is 16.5. The summed E-state index contributed by atoms with van der Waals surface area (Å²) in [7, 11) is 1.67. The SMILES string of the molecule is COCCNc1nc(C)cc(NCc2cccnc2)n1. The van der Waals surface area contributed by atoms with Gasteiger partial charge in [0.1, 0.15) is 5.82 Å². The molecule has 2 aromatic heterocycles. The first-order chi connectivity index (χ1) is 9.78. The molecule has 0 aromatic carbocycles. The Hall–Kier alpha value is -2.21. The topological polar surface area (TPSA) is 72.0 Å². The summed E-state index contributed by atoms with van der Waals surface area (Å²) in [6, 6.07) is 5.85. The Labute approximate surface area is 118 Å². The Morgan fingerprint density at radius 2 is 2.15 bits per heavy atom. The molecule has 0 unspecified atom stereocenters. The molecule has 2 heterocycles. The van der Waals surface area contributed by atoms with Gasteiger partial charge in [0.15, 0.2) is 0 Å². The minimum atomic E-state index is 0.607. The van der Waals surface area contributed by atoms with Gasteiger partial charge in [-0.1, -0.05) is 6.07 Å². The standard InChI is InChI=1S/C14H19N5O/c1-11-8-13(17-10-12-4-3-5-15-9-12)19-14(18-11)16-6-7-20-2/h3-5,8-9H,6-7,10H2,1-2H3,(H2,16,17,18,19). The lowest BCUT2D eigenvalue weighted by atomic mass is 10.3. The van der Waals surface area contributed by atoms with Crippen LogP contribution < -0.4 is 10.6 Å². The van der Waals surface area contributed by atoms with Crippen LogP contribution in [0.3, 0.4) is 0 Å². The second-order valence-electron chi connectivity index (χ2n) is 4.35. The van der Waals surface area contributed by atoms with E-state index in [1.54, 1.807) is 13.3 Å². The zero-order chi connectivity index (χ0) is 14.2. The summed E-state index contributed by atoms with van der Waals surface area (Å²) in [5, 5.41) is 6.40. The number of ether oxygens (including phenoxy) is 1. The third kappa shape index (κ3) is 4.47. The van der Waals surface area contributed by atoms with Crippen LogP contribution >= 0.6 is 0 Å². The van der Waals surface area contributed by atoms with Gasteiger partial charge in [-0.15, -0.1) is 0 Å². The number of pyridine rings is 1. The van der Waals surface area contributed by atoms with Crippen molar-refractivity contribution in [3.05, 3.63) is 41.9 Å². The maximum atomic E-state index is 4.99. The highest BCUT2D eigenvalue weighted by Crippen LogP contribution is 2.10. The third-order valence-corrected chi connectivity index (χ3v) is 2.64. The van der Waals surface area contributed by atoms with Crippen molar-refractivity contribution in [1.82, 2.24) is 15.0 Å². The number of nitrogens with one attached hydrogen (secondary N) is 2. The summed E-state index contributed by atoms with van der Waals surface area (Å²) in [6.45, 7) is 3.93. The van der Waals surface area contributed by atoms with Crippen LogP contribution in [0.4, 0.5) is 11.8 Å². The van der Waals surface area contributed by atoms with Gasteiger partial charge in [-0.05, 0) is 18.6 Å². The van der Waals surface area contributed by atoms with Crippen LogP contribution in [0.25, 0.3) is 0 Å². The molecule has 0 atom stereocenters. The number of anilines is 2. The van der Waals surface area contributed by atoms with E-state index >= 15 is 0 Å². The van der Waals surface area contributed by atoms with Gasteiger partial charge in [-0.2, -0.15) is 4.98 Å². The maximum Gasteiger partial charge on any atom is 0.224 e. The van der Waals surface area contributed by atoms with Crippen LogP contribution in [0.2, 0.25) is 0 Å². The first-order valence-corrected chi connectivity index (χ1v) is 6.49. The van der Waals surface area contributed by atoms with E-state index in [1.165, 1.54) is 0 Å². The number of hydrogen-bond donors (Lipinski definition) is 2. The van der Waals surface area contributed by atoms with Crippen molar-refractivity contribution in [1.29, 1.82) is 0 Å². The molecular formula is C14H19N5O. The fourth-order valence-corrected chi connectivity index (χ4v) is 1.70. The monoisotopic (exact) mass is 273 g/mol. The lowest BCUT2D eigenvalue weighted by Crippen LogP contribution is -2.12. The van der Waals surface area contributed by atoms with Crippen LogP contribution in [0.1, 0.15) is 11.3 Å². The van der Waals surface area contributed by atoms with Crippen molar-refractivity contribution >= 4 is 11.8 Å². The van der Waals surface area contributed by atoms with Gasteiger partial charge in [-0.25, -0.2) is 4.98 Å². The minimum absolute atomic E-state index is 0.607. The molecule has 0 spiro atoms. The lowest BCUT2D eigenvalue weighted by Gasteiger charge is -2.09. The number of nitrogens with zero attached hydrogens (tertiary/aromatic N) is 3. The van der Waals surface area contributed by atoms with E-state index in [-0.39, 0.29) is 0 Å². The van der Waals surface area contributed by atoms with E-state index in [2.05, 4.69) is 25.6 Å². The zero-order valence-electron chi connectivity index (χ0n) is 11.8. The van der Waals surface area contributed by atoms with Gasteiger partial charge < -0.3 is 15.4 Å². The first-order valence-electron chi connectivity index (χ1n) is 6.49. The predicted molar refractivity (Wildman–Crippen MR) is 78.7 cm³/mol. The van der Waals surface area contributed by atoms with Crippen LogP contribution in [-0.2, 0) is 11.3 Å². The summed E-state index contributed by atoms with van der Waals surface area (Å²) in [5.41, 5.74) is 2.02. The molecule has 0 aliphatic heterocycles. The van der Waals surface area contributed by atoms with Crippen LogP contribution in [0.5, 0.6) is 0 Å². The van der Waals surface area contributed by atoms with E-state index < -0.39 is 0 Å². The van der Waals surface area contributed by atoms with Crippen molar-refractivity contribution < 1.29 is 4.74 Å². The maximum absolute atomic E-state index is 4.99. The molecule has 0 aliphatic carbocycles. The van der Waals surface area contributed by atoms with E-state index in [9.17, 15) is 0 Å². The summed E-state index contributed by atoms with van der Waals surface area (Å²) in [5.74, 6) is 1.40. The highest BCUT2D eigenvalue weighted by molar-refractivity contribution is 5.42. The Morgan fingerprint density at radius 1 is 1.25 bits per heavy atom. The van der Waals surface area contributed by atoms with Crippen molar-refractivity contribution in [2.75, 3.05) is 30.9 Å². The van der Waals surface area contributed by atoms with E-state index in [0.29, 0.717) is 25.6 Å². The highest BCUT2D eigenvalue weighted by Gasteiger charge is 2.02. The van der Waals surface area contributed by atoms with Gasteiger partial charge in [0.25, 0.3) is 0 Å². The second kappa shape index (κ2) is 7.40. The molecule has 0 saturated carbocycles.